The third kappa shape index (κ3) is 7.56. The van der Waals surface area contributed by atoms with Gasteiger partial charge in [0, 0.05) is 11.0 Å². The SMILES string of the molecule is Cc1ccc(P(C)(C)=O)c(Nc2nc(Nc3ccc4c(c3)CC[C@@H](CCCCCN)CC4)ncc2Cl)c1. The number of nitrogens with zero attached hydrogens (tertiary/aromatic N) is 2. The standard InChI is InChI=1S/C29H39ClN5OP/c1-20-8-15-27(37(2,3)36)26(17-20)34-28-25(30)19-32-29(35-28)33-24-14-13-22-11-9-21(7-5-4-6-16-31)10-12-23(22)18-24/h8,13-15,17-19,21H,4-7,9-12,16,31H2,1-3H3,(H2,32,33,34,35)/t21-/m0/s1. The number of nitrogens with one attached hydrogen (secondary N) is 2. The average molecular weight is 540 g/mol. The molecule has 1 atom stereocenters. The van der Waals surface area contributed by atoms with E-state index in [1.165, 1.54) is 43.2 Å². The zero-order valence-corrected chi connectivity index (χ0v) is 23.8. The Morgan fingerprint density at radius 1 is 1.03 bits per heavy atom. The molecule has 6 nitrogen and oxygen atoms in total. The van der Waals surface area contributed by atoms with Crippen LogP contribution < -0.4 is 21.7 Å². The fraction of sp³-hybridized carbons (Fsp3) is 0.448. The number of halogens is 1. The van der Waals surface area contributed by atoms with Gasteiger partial charge >= 0.3 is 0 Å². The average Bonchev–Trinajstić information content (AvgIpc) is 3.05. The van der Waals surface area contributed by atoms with Crippen molar-refractivity contribution in [3.05, 3.63) is 64.3 Å². The highest BCUT2D eigenvalue weighted by Crippen LogP contribution is 2.39. The maximum atomic E-state index is 12.8. The molecule has 1 aliphatic carbocycles. The van der Waals surface area contributed by atoms with Crippen molar-refractivity contribution in [2.45, 2.75) is 58.3 Å². The molecule has 2 aromatic carbocycles. The Morgan fingerprint density at radius 3 is 2.57 bits per heavy atom. The second-order valence-corrected chi connectivity index (χ2v) is 14.2. The maximum absolute atomic E-state index is 12.8. The van der Waals surface area contributed by atoms with Gasteiger partial charge in [0.25, 0.3) is 0 Å². The summed E-state index contributed by atoms with van der Waals surface area (Å²) >= 11 is 6.45. The Labute approximate surface area is 226 Å². The number of benzene rings is 2. The molecule has 0 fully saturated rings. The third-order valence-corrected chi connectivity index (χ3v) is 8.98. The van der Waals surface area contributed by atoms with Crippen LogP contribution in [0.3, 0.4) is 0 Å². The van der Waals surface area contributed by atoms with E-state index < -0.39 is 7.14 Å². The van der Waals surface area contributed by atoms with Crippen LogP contribution in [0.15, 0.2) is 42.6 Å². The summed E-state index contributed by atoms with van der Waals surface area (Å²) in [5.41, 5.74) is 11.3. The molecule has 3 aromatic rings. The van der Waals surface area contributed by atoms with Crippen LogP contribution in [0.4, 0.5) is 23.1 Å². The minimum Gasteiger partial charge on any atom is -0.338 e. The third-order valence-electron chi connectivity index (χ3n) is 7.15. The summed E-state index contributed by atoms with van der Waals surface area (Å²) < 4.78 is 12.8. The normalized spacial score (nSPS) is 15.6. The highest BCUT2D eigenvalue weighted by Gasteiger charge is 2.19. The first-order valence-electron chi connectivity index (χ1n) is 13.3. The number of hydrogen-bond donors (Lipinski definition) is 3. The minimum absolute atomic E-state index is 0.402. The smallest absolute Gasteiger partial charge is 0.229 e. The maximum Gasteiger partial charge on any atom is 0.229 e. The van der Waals surface area contributed by atoms with Gasteiger partial charge in [-0.2, -0.15) is 4.98 Å². The van der Waals surface area contributed by atoms with Gasteiger partial charge in [0.1, 0.15) is 12.2 Å². The van der Waals surface area contributed by atoms with Crippen LogP contribution in [0, 0.1) is 12.8 Å². The predicted molar refractivity (Wildman–Crippen MR) is 158 cm³/mol. The number of hydrogen-bond acceptors (Lipinski definition) is 6. The molecule has 198 valence electrons. The van der Waals surface area contributed by atoms with Gasteiger partial charge in [-0.05, 0) is 106 Å². The van der Waals surface area contributed by atoms with Crippen LogP contribution in [0.2, 0.25) is 5.02 Å². The quantitative estimate of drug-likeness (QED) is 0.143. The lowest BCUT2D eigenvalue weighted by Gasteiger charge is -2.17. The molecule has 1 aliphatic rings. The summed E-state index contributed by atoms with van der Waals surface area (Å²) in [4.78, 5) is 9.04. The lowest BCUT2D eigenvalue weighted by molar-refractivity contribution is 0.411. The molecule has 0 saturated carbocycles. The summed E-state index contributed by atoms with van der Waals surface area (Å²) in [6, 6.07) is 12.4. The molecule has 37 heavy (non-hydrogen) atoms. The van der Waals surface area contributed by atoms with Crippen molar-refractivity contribution in [3.8, 4) is 0 Å². The first-order chi connectivity index (χ1) is 17.7. The minimum atomic E-state index is -2.49. The number of nitrogens with two attached hydrogens (primary N) is 1. The van der Waals surface area contributed by atoms with E-state index in [2.05, 4.69) is 38.8 Å². The number of anilines is 4. The molecule has 1 aromatic heterocycles. The number of fused-ring (bicyclic) bond motifs is 1. The lowest BCUT2D eigenvalue weighted by atomic mass is 9.93. The zero-order chi connectivity index (χ0) is 26.4. The van der Waals surface area contributed by atoms with Crippen molar-refractivity contribution in [2.75, 3.05) is 30.5 Å². The van der Waals surface area contributed by atoms with Gasteiger partial charge in [-0.1, -0.05) is 43.0 Å². The highest BCUT2D eigenvalue weighted by atomic mass is 35.5. The Bertz CT molecular complexity index is 1280. The molecule has 1 heterocycles. The Hall–Kier alpha value is -2.40. The molecule has 0 bridgehead atoms. The van der Waals surface area contributed by atoms with Crippen molar-refractivity contribution in [2.24, 2.45) is 11.7 Å². The number of rotatable bonds is 10. The molecule has 4 N–H and O–H groups in total. The molecule has 0 aliphatic heterocycles. The van der Waals surface area contributed by atoms with Gasteiger partial charge in [0.15, 0.2) is 5.82 Å². The topological polar surface area (TPSA) is 92.9 Å². The van der Waals surface area contributed by atoms with Crippen LogP contribution >= 0.6 is 18.7 Å². The van der Waals surface area contributed by atoms with E-state index in [1.54, 1.807) is 19.5 Å². The van der Waals surface area contributed by atoms with E-state index in [1.807, 2.05) is 25.1 Å². The molecule has 0 unspecified atom stereocenters. The van der Waals surface area contributed by atoms with Crippen LogP contribution in [-0.4, -0.2) is 29.8 Å². The van der Waals surface area contributed by atoms with E-state index in [-0.39, 0.29) is 0 Å². The Morgan fingerprint density at radius 2 is 1.81 bits per heavy atom. The molecule has 0 saturated heterocycles. The van der Waals surface area contributed by atoms with Gasteiger partial charge in [0.05, 0.1) is 11.9 Å². The van der Waals surface area contributed by atoms with Gasteiger partial charge in [-0.15, -0.1) is 0 Å². The summed E-state index contributed by atoms with van der Waals surface area (Å²) in [6.07, 6.45) is 11.3. The fourth-order valence-corrected chi connectivity index (χ4v) is 6.35. The van der Waals surface area contributed by atoms with Crippen molar-refractivity contribution < 1.29 is 4.57 Å². The summed E-state index contributed by atoms with van der Waals surface area (Å²) in [6.45, 7) is 6.33. The van der Waals surface area contributed by atoms with E-state index in [4.69, 9.17) is 17.3 Å². The predicted octanol–water partition coefficient (Wildman–Crippen LogP) is 7.19. The molecule has 0 amide bonds. The molecular formula is C29H39ClN5OP. The van der Waals surface area contributed by atoms with Crippen molar-refractivity contribution in [1.82, 2.24) is 9.97 Å². The van der Waals surface area contributed by atoms with E-state index in [0.717, 1.165) is 54.0 Å². The molecule has 0 radical (unpaired) electrons. The Kier molecular flexibility index (Phi) is 9.28. The lowest BCUT2D eigenvalue weighted by Crippen LogP contribution is -2.11. The number of aromatic nitrogens is 2. The van der Waals surface area contributed by atoms with Gasteiger partial charge in [0.2, 0.25) is 5.95 Å². The van der Waals surface area contributed by atoms with Gasteiger partial charge < -0.3 is 20.9 Å². The molecule has 8 heteroatoms. The first-order valence-corrected chi connectivity index (χ1v) is 16.3. The highest BCUT2D eigenvalue weighted by molar-refractivity contribution is 7.70. The second kappa shape index (κ2) is 12.4. The summed E-state index contributed by atoms with van der Waals surface area (Å²) in [5.74, 6) is 1.73. The second-order valence-electron chi connectivity index (χ2n) is 10.6. The van der Waals surface area contributed by atoms with E-state index in [0.29, 0.717) is 16.8 Å². The zero-order valence-electron chi connectivity index (χ0n) is 22.2. The summed E-state index contributed by atoms with van der Waals surface area (Å²) in [5, 5.41) is 7.83. The number of aryl methyl sites for hydroxylation is 3. The molecule has 0 spiro atoms. The van der Waals surface area contributed by atoms with Crippen molar-refractivity contribution in [3.63, 3.8) is 0 Å². The van der Waals surface area contributed by atoms with Crippen molar-refractivity contribution >= 4 is 47.2 Å². The van der Waals surface area contributed by atoms with Crippen LogP contribution in [0.1, 0.15) is 55.2 Å². The molecular weight excluding hydrogens is 501 g/mol. The van der Waals surface area contributed by atoms with E-state index >= 15 is 0 Å². The van der Waals surface area contributed by atoms with Gasteiger partial charge in [-0.25, -0.2) is 4.98 Å². The largest absolute Gasteiger partial charge is 0.338 e. The Balaban J connectivity index is 1.47. The van der Waals surface area contributed by atoms with Gasteiger partial charge in [-0.3, -0.25) is 0 Å². The summed E-state index contributed by atoms with van der Waals surface area (Å²) in [7, 11) is -2.49. The van der Waals surface area contributed by atoms with Crippen LogP contribution in [0.25, 0.3) is 0 Å². The van der Waals surface area contributed by atoms with Crippen LogP contribution in [-0.2, 0) is 17.4 Å². The van der Waals surface area contributed by atoms with E-state index in [9.17, 15) is 4.57 Å². The monoisotopic (exact) mass is 539 g/mol. The molecule has 4 rings (SSSR count). The fourth-order valence-electron chi connectivity index (χ4n) is 5.08. The van der Waals surface area contributed by atoms with Crippen LogP contribution in [0.5, 0.6) is 0 Å². The van der Waals surface area contributed by atoms with Crippen molar-refractivity contribution in [1.29, 1.82) is 0 Å². The number of unbranched alkanes of at least 4 members (excludes halogenated alkanes) is 2. The first kappa shape index (κ1) is 27.6.